The number of benzene rings is 1. The third-order valence-electron chi connectivity index (χ3n) is 3.29. The molecule has 0 fully saturated rings. The van der Waals surface area contributed by atoms with Gasteiger partial charge in [0, 0.05) is 0 Å². The van der Waals surface area contributed by atoms with E-state index < -0.39 is 18.1 Å². The number of carboxylic acids is 1. The number of aliphatic carboxylic acids is 1. The van der Waals surface area contributed by atoms with Gasteiger partial charge in [-0.3, -0.25) is 4.90 Å². The van der Waals surface area contributed by atoms with Crippen LogP contribution in [0.5, 0.6) is 5.75 Å². The van der Waals surface area contributed by atoms with E-state index in [1.54, 1.807) is 26.2 Å². The number of carbonyl (C=O) groups is 2. The molecule has 108 valence electrons. The van der Waals surface area contributed by atoms with Crippen LogP contribution in [-0.2, 0) is 16.0 Å². The van der Waals surface area contributed by atoms with Gasteiger partial charge in [0.2, 0.25) is 0 Å². The molecule has 1 atom stereocenters. The molecule has 0 spiro atoms. The topological polar surface area (TPSA) is 76.1 Å². The molecular weight excluding hydrogens is 262 g/mol. The van der Waals surface area contributed by atoms with Gasteiger partial charge in [-0.2, -0.15) is 0 Å². The van der Waals surface area contributed by atoms with E-state index in [-0.39, 0.29) is 6.61 Å². The van der Waals surface area contributed by atoms with Gasteiger partial charge >= 0.3 is 12.1 Å². The summed E-state index contributed by atoms with van der Waals surface area (Å²) in [4.78, 5) is 24.6. The SMILES string of the molecule is CCOC(=O)N1c2ccc(OC)cc2CC[C@@H]1C(=O)O. The molecule has 1 aliphatic rings. The molecule has 0 unspecified atom stereocenters. The smallest absolute Gasteiger partial charge is 0.415 e. The maximum atomic E-state index is 12.0. The highest BCUT2D eigenvalue weighted by Crippen LogP contribution is 2.34. The minimum absolute atomic E-state index is 0.202. The average molecular weight is 279 g/mol. The number of fused-ring (bicyclic) bond motifs is 1. The van der Waals surface area contributed by atoms with Crippen LogP contribution in [0.2, 0.25) is 0 Å². The Kier molecular flexibility index (Phi) is 4.12. The van der Waals surface area contributed by atoms with E-state index in [9.17, 15) is 14.7 Å². The van der Waals surface area contributed by atoms with Crippen LogP contribution >= 0.6 is 0 Å². The van der Waals surface area contributed by atoms with Crippen molar-refractivity contribution in [2.75, 3.05) is 18.6 Å². The van der Waals surface area contributed by atoms with Crippen LogP contribution in [0.1, 0.15) is 18.9 Å². The van der Waals surface area contributed by atoms with Crippen molar-refractivity contribution in [1.82, 2.24) is 0 Å². The van der Waals surface area contributed by atoms with Crippen LogP contribution in [0.25, 0.3) is 0 Å². The zero-order chi connectivity index (χ0) is 14.7. The number of carboxylic acid groups (broad SMARTS) is 1. The minimum atomic E-state index is -1.03. The molecule has 2 rings (SSSR count). The van der Waals surface area contributed by atoms with Gasteiger partial charge in [-0.25, -0.2) is 9.59 Å². The van der Waals surface area contributed by atoms with E-state index in [1.807, 2.05) is 6.07 Å². The summed E-state index contributed by atoms with van der Waals surface area (Å²) in [5.41, 5.74) is 1.46. The number of anilines is 1. The Balaban J connectivity index is 2.42. The van der Waals surface area contributed by atoms with Crippen LogP contribution in [0, 0.1) is 0 Å². The Bertz CT molecular complexity index is 528. The summed E-state index contributed by atoms with van der Waals surface area (Å²) >= 11 is 0. The summed E-state index contributed by atoms with van der Waals surface area (Å²) in [5.74, 6) is -0.346. The standard InChI is InChI=1S/C14H17NO5/c1-3-20-14(18)15-11-7-5-10(19-2)8-9(11)4-6-12(15)13(16)17/h5,7-8,12H,3-4,6H2,1-2H3,(H,16,17)/t12-/m1/s1. The van der Waals surface area contributed by atoms with Gasteiger partial charge in [-0.05, 0) is 43.5 Å². The van der Waals surface area contributed by atoms with Gasteiger partial charge in [0.05, 0.1) is 19.4 Å². The van der Waals surface area contributed by atoms with Crippen molar-refractivity contribution < 1.29 is 24.2 Å². The molecule has 1 amide bonds. The number of hydrogen-bond donors (Lipinski definition) is 1. The van der Waals surface area contributed by atoms with E-state index in [1.165, 1.54) is 4.90 Å². The summed E-state index contributed by atoms with van der Waals surface area (Å²) in [7, 11) is 1.56. The summed E-state index contributed by atoms with van der Waals surface area (Å²) in [5, 5.41) is 9.28. The van der Waals surface area contributed by atoms with E-state index in [0.717, 1.165) is 5.56 Å². The molecule has 0 bridgehead atoms. The predicted octanol–water partition coefficient (Wildman–Crippen LogP) is 2.06. The Labute approximate surface area is 116 Å². The number of carbonyl (C=O) groups excluding carboxylic acids is 1. The molecule has 6 heteroatoms. The molecule has 20 heavy (non-hydrogen) atoms. The molecular formula is C14H17NO5. The zero-order valence-electron chi connectivity index (χ0n) is 11.5. The van der Waals surface area contributed by atoms with Crippen molar-refractivity contribution in [3.63, 3.8) is 0 Å². The molecule has 0 saturated heterocycles. The number of hydrogen-bond acceptors (Lipinski definition) is 4. The van der Waals surface area contributed by atoms with Gasteiger partial charge in [-0.1, -0.05) is 0 Å². The minimum Gasteiger partial charge on any atom is -0.497 e. The van der Waals surface area contributed by atoms with Crippen molar-refractivity contribution in [3.8, 4) is 5.75 Å². The number of ether oxygens (including phenoxy) is 2. The first kappa shape index (κ1) is 14.2. The van der Waals surface area contributed by atoms with E-state index in [2.05, 4.69) is 0 Å². The molecule has 6 nitrogen and oxygen atoms in total. The number of methoxy groups -OCH3 is 1. The van der Waals surface area contributed by atoms with Crippen molar-refractivity contribution in [2.24, 2.45) is 0 Å². The lowest BCUT2D eigenvalue weighted by molar-refractivity contribution is -0.138. The lowest BCUT2D eigenvalue weighted by Crippen LogP contribution is -2.48. The first-order valence-corrected chi connectivity index (χ1v) is 6.44. The molecule has 1 aromatic carbocycles. The molecule has 0 aromatic heterocycles. The molecule has 1 aliphatic heterocycles. The van der Waals surface area contributed by atoms with E-state index in [0.29, 0.717) is 24.3 Å². The summed E-state index contributed by atoms with van der Waals surface area (Å²) in [6.07, 6.45) is 0.305. The summed E-state index contributed by atoms with van der Waals surface area (Å²) < 4.78 is 10.1. The lowest BCUT2D eigenvalue weighted by Gasteiger charge is -2.34. The number of nitrogens with zero attached hydrogens (tertiary/aromatic N) is 1. The third-order valence-corrected chi connectivity index (χ3v) is 3.29. The second-order valence-electron chi connectivity index (χ2n) is 4.46. The maximum Gasteiger partial charge on any atom is 0.415 e. The largest absolute Gasteiger partial charge is 0.497 e. The quantitative estimate of drug-likeness (QED) is 0.916. The average Bonchev–Trinajstić information content (AvgIpc) is 2.45. The van der Waals surface area contributed by atoms with Crippen molar-refractivity contribution in [1.29, 1.82) is 0 Å². The van der Waals surface area contributed by atoms with Crippen LogP contribution in [0.4, 0.5) is 10.5 Å². The molecule has 0 radical (unpaired) electrons. The van der Waals surface area contributed by atoms with E-state index in [4.69, 9.17) is 9.47 Å². The molecule has 1 aromatic rings. The van der Waals surface area contributed by atoms with Gasteiger partial charge in [0.15, 0.2) is 0 Å². The highest BCUT2D eigenvalue weighted by Gasteiger charge is 2.36. The normalized spacial score (nSPS) is 17.3. The van der Waals surface area contributed by atoms with Crippen LogP contribution in [0.15, 0.2) is 18.2 Å². The van der Waals surface area contributed by atoms with Crippen LogP contribution < -0.4 is 9.64 Å². The molecule has 0 saturated carbocycles. The Morgan fingerprint density at radius 1 is 1.45 bits per heavy atom. The second kappa shape index (κ2) is 5.81. The Morgan fingerprint density at radius 2 is 2.20 bits per heavy atom. The zero-order valence-corrected chi connectivity index (χ0v) is 11.5. The number of amides is 1. The number of aryl methyl sites for hydroxylation is 1. The fourth-order valence-corrected chi connectivity index (χ4v) is 2.37. The van der Waals surface area contributed by atoms with Crippen molar-refractivity contribution in [3.05, 3.63) is 23.8 Å². The Hall–Kier alpha value is -2.24. The highest BCUT2D eigenvalue weighted by molar-refractivity contribution is 5.96. The molecule has 1 N–H and O–H groups in total. The molecule has 0 aliphatic carbocycles. The lowest BCUT2D eigenvalue weighted by atomic mass is 9.96. The first-order valence-electron chi connectivity index (χ1n) is 6.44. The van der Waals surface area contributed by atoms with Crippen molar-refractivity contribution in [2.45, 2.75) is 25.8 Å². The first-order chi connectivity index (χ1) is 9.58. The van der Waals surface area contributed by atoms with Gasteiger partial charge < -0.3 is 14.6 Å². The van der Waals surface area contributed by atoms with E-state index >= 15 is 0 Å². The van der Waals surface area contributed by atoms with Gasteiger partial charge in [0.25, 0.3) is 0 Å². The van der Waals surface area contributed by atoms with Gasteiger partial charge in [-0.15, -0.1) is 0 Å². The van der Waals surface area contributed by atoms with Gasteiger partial charge in [0.1, 0.15) is 11.8 Å². The highest BCUT2D eigenvalue weighted by atomic mass is 16.6. The Morgan fingerprint density at radius 3 is 2.80 bits per heavy atom. The van der Waals surface area contributed by atoms with Crippen LogP contribution in [0.3, 0.4) is 0 Å². The van der Waals surface area contributed by atoms with Crippen molar-refractivity contribution >= 4 is 17.7 Å². The maximum absolute atomic E-state index is 12.0. The molecule has 1 heterocycles. The third kappa shape index (κ3) is 2.54. The van der Waals surface area contributed by atoms with Crippen LogP contribution in [-0.4, -0.2) is 36.9 Å². The number of rotatable bonds is 3. The summed E-state index contributed by atoms with van der Waals surface area (Å²) in [6, 6.07) is 4.32. The monoisotopic (exact) mass is 279 g/mol. The predicted molar refractivity (Wildman–Crippen MR) is 72.2 cm³/mol. The fourth-order valence-electron chi connectivity index (χ4n) is 2.37. The second-order valence-corrected chi connectivity index (χ2v) is 4.46. The fraction of sp³-hybridized carbons (Fsp3) is 0.429. The summed E-state index contributed by atoms with van der Waals surface area (Å²) in [6.45, 7) is 1.89.